The monoisotopic (exact) mass is 256 g/mol. The third-order valence-electron chi connectivity index (χ3n) is 2.60. The van der Waals surface area contributed by atoms with Gasteiger partial charge < -0.3 is 16.4 Å². The lowest BCUT2D eigenvalue weighted by Crippen LogP contribution is -2.38. The molecule has 2 rings (SSSR count). The normalized spacial score (nSPS) is 19.5. The van der Waals surface area contributed by atoms with Gasteiger partial charge in [0.25, 0.3) is 0 Å². The van der Waals surface area contributed by atoms with Crippen LogP contribution in [0.4, 0.5) is 10.9 Å². The van der Waals surface area contributed by atoms with Crippen LogP contribution in [-0.2, 0) is 0 Å². The van der Waals surface area contributed by atoms with Crippen molar-refractivity contribution in [3.63, 3.8) is 0 Å². The molecule has 17 heavy (non-hydrogen) atoms. The maximum Gasteiger partial charge on any atom is 0.185 e. The van der Waals surface area contributed by atoms with Crippen molar-refractivity contribution in [2.75, 3.05) is 24.1 Å². The van der Waals surface area contributed by atoms with E-state index in [9.17, 15) is 4.79 Å². The van der Waals surface area contributed by atoms with E-state index in [1.54, 1.807) is 0 Å². The van der Waals surface area contributed by atoms with Crippen molar-refractivity contribution in [3.05, 3.63) is 4.88 Å². The first-order valence-corrected chi connectivity index (χ1v) is 6.23. The Kier molecular flexibility index (Phi) is 4.89. The minimum absolute atomic E-state index is 0. The Morgan fingerprint density at radius 3 is 2.94 bits per heavy atom. The number of anilines is 2. The molecule has 6 heteroatoms. The van der Waals surface area contributed by atoms with E-state index in [1.165, 1.54) is 18.3 Å². The summed E-state index contributed by atoms with van der Waals surface area (Å²) in [5, 5.41) is 7.37. The highest BCUT2D eigenvalue weighted by Gasteiger charge is 2.17. The van der Waals surface area contributed by atoms with Crippen LogP contribution in [0, 0.1) is 0 Å². The molecule has 4 N–H and O–H groups in total. The largest absolute Gasteiger partial charge is 0.382 e. The fourth-order valence-electron chi connectivity index (χ4n) is 1.80. The molecular weight excluding hydrogens is 236 g/mol. The van der Waals surface area contributed by atoms with Crippen LogP contribution in [-0.4, -0.2) is 29.9 Å². The maximum atomic E-state index is 11.2. The summed E-state index contributed by atoms with van der Waals surface area (Å²) in [7, 11) is 0. The first-order chi connectivity index (χ1) is 7.66. The Morgan fingerprint density at radius 2 is 2.41 bits per heavy atom. The summed E-state index contributed by atoms with van der Waals surface area (Å²) < 4.78 is 0. The highest BCUT2D eigenvalue weighted by Crippen LogP contribution is 2.26. The van der Waals surface area contributed by atoms with E-state index in [-0.39, 0.29) is 13.2 Å². The standard InChI is InChI=1S/C10H16N4OS.CH4/c1-6(15)8-9(11)14-10(16-8)13-7-3-2-4-12-5-7;/h7,12H,2-5,11H2,1H3,(H,13,14);1H4. The van der Waals surface area contributed by atoms with Crippen LogP contribution in [0.1, 0.15) is 36.9 Å². The first kappa shape index (κ1) is 13.9. The SMILES string of the molecule is C.CC(=O)c1sc(NC2CCCNC2)nc1N. The summed E-state index contributed by atoms with van der Waals surface area (Å²) in [5.74, 6) is 0.314. The Labute approximate surface area is 106 Å². The average molecular weight is 256 g/mol. The van der Waals surface area contributed by atoms with Gasteiger partial charge in [-0.05, 0) is 19.4 Å². The predicted octanol–water partition coefficient (Wildman–Crippen LogP) is 1.73. The molecule has 0 radical (unpaired) electrons. The van der Waals surface area contributed by atoms with Gasteiger partial charge in [0, 0.05) is 19.5 Å². The minimum atomic E-state index is -0.0233. The van der Waals surface area contributed by atoms with Crippen molar-refractivity contribution in [1.29, 1.82) is 0 Å². The van der Waals surface area contributed by atoms with Crippen molar-refractivity contribution in [2.24, 2.45) is 0 Å². The zero-order chi connectivity index (χ0) is 11.5. The number of hydrogen-bond acceptors (Lipinski definition) is 6. The number of carbonyl (C=O) groups excluding carboxylic acids is 1. The van der Waals surface area contributed by atoms with Crippen LogP contribution in [0.25, 0.3) is 0 Å². The molecule has 0 bridgehead atoms. The summed E-state index contributed by atoms with van der Waals surface area (Å²) in [6.45, 7) is 3.53. The Bertz CT molecular complexity index is 385. The fraction of sp³-hybridized carbons (Fsp3) is 0.636. The number of nitrogen functional groups attached to an aromatic ring is 1. The molecule has 1 atom stereocenters. The Balaban J connectivity index is 0.00000144. The van der Waals surface area contributed by atoms with Crippen molar-refractivity contribution in [2.45, 2.75) is 33.2 Å². The molecule has 1 fully saturated rings. The number of thiazole rings is 1. The van der Waals surface area contributed by atoms with Gasteiger partial charge in [-0.3, -0.25) is 4.79 Å². The lowest BCUT2D eigenvalue weighted by Gasteiger charge is -2.23. The number of nitrogens with two attached hydrogens (primary N) is 1. The van der Waals surface area contributed by atoms with E-state index >= 15 is 0 Å². The molecule has 0 saturated carbocycles. The lowest BCUT2D eigenvalue weighted by molar-refractivity contribution is 0.102. The third kappa shape index (κ3) is 3.41. The maximum absolute atomic E-state index is 11.2. The van der Waals surface area contributed by atoms with Gasteiger partial charge >= 0.3 is 0 Å². The molecule has 0 aromatic carbocycles. The zero-order valence-electron chi connectivity index (χ0n) is 9.25. The van der Waals surface area contributed by atoms with Crippen molar-refractivity contribution < 1.29 is 4.79 Å². The molecule has 1 aromatic heterocycles. The second kappa shape index (κ2) is 5.97. The van der Waals surface area contributed by atoms with Crippen LogP contribution in [0.15, 0.2) is 0 Å². The number of nitrogens with one attached hydrogen (secondary N) is 2. The second-order valence-corrected chi connectivity index (χ2v) is 4.98. The molecule has 1 aromatic rings. The quantitative estimate of drug-likeness (QED) is 0.718. The molecule has 1 aliphatic rings. The smallest absolute Gasteiger partial charge is 0.185 e. The fourth-order valence-corrected chi connectivity index (χ4v) is 2.65. The summed E-state index contributed by atoms with van der Waals surface area (Å²) in [4.78, 5) is 15.9. The van der Waals surface area contributed by atoms with Gasteiger partial charge in [-0.1, -0.05) is 18.8 Å². The number of aromatic nitrogens is 1. The number of nitrogens with zero attached hydrogens (tertiary/aromatic N) is 1. The number of carbonyl (C=O) groups is 1. The van der Waals surface area contributed by atoms with Gasteiger partial charge in [0.2, 0.25) is 0 Å². The van der Waals surface area contributed by atoms with Gasteiger partial charge in [0.15, 0.2) is 10.9 Å². The number of piperidine rings is 1. The van der Waals surface area contributed by atoms with E-state index < -0.39 is 0 Å². The van der Waals surface area contributed by atoms with Gasteiger partial charge in [0.05, 0.1) is 0 Å². The van der Waals surface area contributed by atoms with Crippen LogP contribution in [0.5, 0.6) is 0 Å². The first-order valence-electron chi connectivity index (χ1n) is 5.41. The molecule has 0 amide bonds. The number of Topliss-reactive ketones (excluding diaryl/α,β-unsaturated/α-hetero) is 1. The summed E-state index contributed by atoms with van der Waals surface area (Å²) in [5.41, 5.74) is 5.67. The molecule has 0 spiro atoms. The summed E-state index contributed by atoms with van der Waals surface area (Å²) in [6.07, 6.45) is 2.29. The lowest BCUT2D eigenvalue weighted by atomic mass is 10.1. The molecule has 5 nitrogen and oxygen atoms in total. The van der Waals surface area contributed by atoms with E-state index in [0.717, 1.165) is 31.1 Å². The van der Waals surface area contributed by atoms with E-state index in [0.29, 0.717) is 16.7 Å². The summed E-state index contributed by atoms with van der Waals surface area (Å²) >= 11 is 1.34. The molecule has 1 aliphatic heterocycles. The molecular formula is C11H20N4OS. The minimum Gasteiger partial charge on any atom is -0.382 e. The number of rotatable bonds is 3. The van der Waals surface area contributed by atoms with E-state index in [4.69, 9.17) is 5.73 Å². The zero-order valence-corrected chi connectivity index (χ0v) is 10.1. The van der Waals surface area contributed by atoms with Crippen LogP contribution in [0.2, 0.25) is 0 Å². The van der Waals surface area contributed by atoms with Crippen molar-refractivity contribution in [1.82, 2.24) is 10.3 Å². The van der Waals surface area contributed by atoms with Gasteiger partial charge in [-0.2, -0.15) is 0 Å². The number of ketones is 1. The molecule has 1 saturated heterocycles. The van der Waals surface area contributed by atoms with Crippen LogP contribution >= 0.6 is 11.3 Å². The Hall–Kier alpha value is -1.14. The highest BCUT2D eigenvalue weighted by molar-refractivity contribution is 7.18. The van der Waals surface area contributed by atoms with E-state index in [1.807, 2.05) is 0 Å². The topological polar surface area (TPSA) is 80.0 Å². The van der Waals surface area contributed by atoms with Gasteiger partial charge in [0.1, 0.15) is 10.7 Å². The molecule has 96 valence electrons. The summed E-state index contributed by atoms with van der Waals surface area (Å²) in [6, 6.07) is 0.388. The molecule has 0 aliphatic carbocycles. The van der Waals surface area contributed by atoms with Crippen LogP contribution in [0.3, 0.4) is 0 Å². The van der Waals surface area contributed by atoms with Crippen molar-refractivity contribution in [3.8, 4) is 0 Å². The highest BCUT2D eigenvalue weighted by atomic mass is 32.1. The Morgan fingerprint density at radius 1 is 1.65 bits per heavy atom. The second-order valence-electron chi connectivity index (χ2n) is 3.98. The van der Waals surface area contributed by atoms with Crippen LogP contribution < -0.4 is 16.4 Å². The van der Waals surface area contributed by atoms with Crippen molar-refractivity contribution >= 4 is 28.1 Å². The molecule has 1 unspecified atom stereocenters. The predicted molar refractivity (Wildman–Crippen MR) is 72.8 cm³/mol. The molecule has 2 heterocycles. The van der Waals surface area contributed by atoms with Gasteiger partial charge in [-0.25, -0.2) is 4.98 Å². The van der Waals surface area contributed by atoms with E-state index in [2.05, 4.69) is 15.6 Å². The third-order valence-corrected chi connectivity index (χ3v) is 3.70. The average Bonchev–Trinajstić information content (AvgIpc) is 2.61. The number of hydrogen-bond donors (Lipinski definition) is 3. The van der Waals surface area contributed by atoms with Gasteiger partial charge in [-0.15, -0.1) is 0 Å².